The summed E-state index contributed by atoms with van der Waals surface area (Å²) in [5.41, 5.74) is 3.97. The summed E-state index contributed by atoms with van der Waals surface area (Å²) in [4.78, 5) is 9.73. The van der Waals surface area contributed by atoms with Gasteiger partial charge in [0.2, 0.25) is 10.0 Å². The first-order valence-electron chi connectivity index (χ1n) is 11.2. The van der Waals surface area contributed by atoms with E-state index in [1.807, 2.05) is 30.3 Å². The highest BCUT2D eigenvalue weighted by molar-refractivity contribution is 7.89. The third-order valence-corrected chi connectivity index (χ3v) is 8.86. The molecule has 0 radical (unpaired) electrons. The molecule has 0 amide bonds. The quantitative estimate of drug-likeness (QED) is 0.369. The summed E-state index contributed by atoms with van der Waals surface area (Å²) in [7, 11) is -3.65. The number of benzene rings is 2. The Morgan fingerprint density at radius 1 is 0.912 bits per heavy atom. The number of piperidine rings is 1. The monoisotopic (exact) mass is 490 g/mol. The molecule has 0 N–H and O–H groups in total. The van der Waals surface area contributed by atoms with Crippen LogP contribution in [-0.4, -0.2) is 49.1 Å². The Hall–Kier alpha value is -3.21. The van der Waals surface area contributed by atoms with Gasteiger partial charge in [0.25, 0.3) is 0 Å². The summed E-state index contributed by atoms with van der Waals surface area (Å²) in [5.74, 6) is 0.958. The van der Waals surface area contributed by atoms with Crippen molar-refractivity contribution in [1.29, 1.82) is 0 Å². The maximum absolute atomic E-state index is 13.4. The fourth-order valence-corrected chi connectivity index (χ4v) is 6.95. The van der Waals surface area contributed by atoms with Gasteiger partial charge in [-0.25, -0.2) is 18.4 Å². The number of aromatic nitrogens is 5. The smallest absolute Gasteiger partial charge is 0.245 e. The fourth-order valence-electron chi connectivity index (χ4n) is 4.73. The Morgan fingerprint density at radius 3 is 2.53 bits per heavy atom. The van der Waals surface area contributed by atoms with Crippen molar-refractivity contribution in [3.63, 3.8) is 0 Å². The molecule has 1 fully saturated rings. The number of fused-ring (bicyclic) bond motifs is 2. The van der Waals surface area contributed by atoms with Crippen molar-refractivity contribution >= 4 is 43.9 Å². The lowest BCUT2D eigenvalue weighted by Gasteiger charge is -2.32. The van der Waals surface area contributed by atoms with Crippen molar-refractivity contribution in [2.24, 2.45) is 0 Å². The van der Waals surface area contributed by atoms with Crippen molar-refractivity contribution in [3.8, 4) is 0 Å². The summed E-state index contributed by atoms with van der Waals surface area (Å²) >= 11 is 1.03. The lowest BCUT2D eigenvalue weighted by atomic mass is 10.1. The van der Waals surface area contributed by atoms with E-state index in [0.717, 1.165) is 28.7 Å². The third-order valence-electron chi connectivity index (χ3n) is 6.38. The van der Waals surface area contributed by atoms with Crippen LogP contribution in [0.5, 0.6) is 0 Å². The highest BCUT2D eigenvalue weighted by Crippen LogP contribution is 2.32. The fraction of sp³-hybridized carbons (Fsp3) is 0.250. The van der Waals surface area contributed by atoms with Crippen LogP contribution in [0.25, 0.3) is 22.2 Å². The molecule has 0 spiro atoms. The minimum absolute atomic E-state index is 0.127. The van der Waals surface area contributed by atoms with E-state index < -0.39 is 10.0 Å². The zero-order chi connectivity index (χ0) is 23.1. The normalized spacial score (nSPS) is 15.9. The van der Waals surface area contributed by atoms with Crippen molar-refractivity contribution in [2.45, 2.75) is 30.2 Å². The van der Waals surface area contributed by atoms with E-state index >= 15 is 0 Å². The molecule has 8 nitrogen and oxygen atoms in total. The predicted molar refractivity (Wildman–Crippen MR) is 131 cm³/mol. The molecule has 0 atom stereocenters. The van der Waals surface area contributed by atoms with Crippen LogP contribution in [0.3, 0.4) is 0 Å². The number of pyridine rings is 1. The lowest BCUT2D eigenvalue weighted by Crippen LogP contribution is -2.39. The van der Waals surface area contributed by atoms with Crippen molar-refractivity contribution in [3.05, 3.63) is 78.2 Å². The molecule has 1 aliphatic rings. The molecular formula is C24H22N6O2S2. The maximum Gasteiger partial charge on any atom is 0.245 e. The van der Waals surface area contributed by atoms with Crippen LogP contribution in [0.1, 0.15) is 30.3 Å². The van der Waals surface area contributed by atoms with Crippen molar-refractivity contribution < 1.29 is 8.42 Å². The summed E-state index contributed by atoms with van der Waals surface area (Å²) in [5, 5.41) is 0. The van der Waals surface area contributed by atoms with Gasteiger partial charge in [0.05, 0.1) is 11.7 Å². The van der Waals surface area contributed by atoms with Gasteiger partial charge in [-0.3, -0.25) is 0 Å². The maximum atomic E-state index is 13.4. The first-order chi connectivity index (χ1) is 16.6. The Bertz CT molecular complexity index is 1570. The van der Waals surface area contributed by atoms with Gasteiger partial charge in [-0.15, -0.1) is 0 Å². The van der Waals surface area contributed by atoms with Gasteiger partial charge in [-0.2, -0.15) is 13.1 Å². The van der Waals surface area contributed by atoms with Crippen LogP contribution in [-0.2, 0) is 16.4 Å². The Morgan fingerprint density at radius 2 is 1.71 bits per heavy atom. The van der Waals surface area contributed by atoms with Crippen LogP contribution in [0.4, 0.5) is 0 Å². The summed E-state index contributed by atoms with van der Waals surface area (Å²) in [6.45, 7) is 0.858. The highest BCUT2D eigenvalue weighted by atomic mass is 32.2. The average Bonchev–Trinajstić information content (AvgIpc) is 3.49. The van der Waals surface area contributed by atoms with E-state index in [2.05, 4.69) is 30.4 Å². The van der Waals surface area contributed by atoms with E-state index in [4.69, 9.17) is 4.98 Å². The van der Waals surface area contributed by atoms with E-state index in [1.54, 1.807) is 28.7 Å². The average molecular weight is 491 g/mol. The van der Waals surface area contributed by atoms with Crippen molar-refractivity contribution in [2.75, 3.05) is 13.1 Å². The predicted octanol–water partition coefficient (Wildman–Crippen LogP) is 4.05. The van der Waals surface area contributed by atoms with E-state index in [1.165, 1.54) is 5.56 Å². The Labute approximate surface area is 201 Å². The summed E-state index contributed by atoms with van der Waals surface area (Å²) in [6, 6.07) is 19.4. The Kier molecular flexibility index (Phi) is 5.35. The van der Waals surface area contributed by atoms with Gasteiger partial charge in [-0.1, -0.05) is 36.4 Å². The van der Waals surface area contributed by atoms with Gasteiger partial charge < -0.3 is 4.57 Å². The first kappa shape index (κ1) is 21.3. The molecular weight excluding hydrogens is 468 g/mol. The molecule has 34 heavy (non-hydrogen) atoms. The summed E-state index contributed by atoms with van der Waals surface area (Å²) in [6.07, 6.45) is 3.87. The van der Waals surface area contributed by atoms with Gasteiger partial charge in [-0.05, 0) is 42.7 Å². The van der Waals surface area contributed by atoms with Gasteiger partial charge in [0.15, 0.2) is 5.65 Å². The largest absolute Gasteiger partial charge is 0.309 e. The Balaban J connectivity index is 1.29. The first-order valence-corrected chi connectivity index (χ1v) is 13.4. The molecule has 0 aliphatic carbocycles. The second-order valence-electron chi connectivity index (χ2n) is 8.43. The van der Waals surface area contributed by atoms with Crippen LogP contribution >= 0.6 is 11.7 Å². The van der Waals surface area contributed by atoms with Gasteiger partial charge in [0.1, 0.15) is 27.3 Å². The molecule has 10 heteroatoms. The molecule has 2 aromatic carbocycles. The van der Waals surface area contributed by atoms with E-state index in [9.17, 15) is 8.42 Å². The molecule has 0 unspecified atom stereocenters. The minimum atomic E-state index is -3.65. The lowest BCUT2D eigenvalue weighted by molar-refractivity contribution is 0.274. The van der Waals surface area contributed by atoms with Crippen LogP contribution in [0.15, 0.2) is 71.8 Å². The van der Waals surface area contributed by atoms with Crippen molar-refractivity contribution in [1.82, 2.24) is 27.6 Å². The molecule has 172 valence electrons. The number of nitrogens with zero attached hydrogens (tertiary/aromatic N) is 6. The molecule has 1 aliphatic heterocycles. The SMILES string of the molecule is O=S(=O)(c1cccc2nsnc12)N1CCC(n2c(Cc3ccccc3)nc3cccnc32)CC1. The number of hydrogen-bond acceptors (Lipinski definition) is 7. The summed E-state index contributed by atoms with van der Waals surface area (Å²) < 4.78 is 39.1. The van der Waals surface area contributed by atoms with E-state index in [0.29, 0.717) is 43.4 Å². The molecule has 1 saturated heterocycles. The molecule has 0 bridgehead atoms. The number of imidazole rings is 1. The minimum Gasteiger partial charge on any atom is -0.309 e. The highest BCUT2D eigenvalue weighted by Gasteiger charge is 2.33. The van der Waals surface area contributed by atoms with Gasteiger partial charge in [0, 0.05) is 31.7 Å². The standard InChI is InChI=1S/C24H22N6O2S2/c31-34(32,21-10-4-8-19-23(21)28-33-27-19)29-14-11-18(12-15-29)30-22(16-17-6-2-1-3-7-17)26-20-9-5-13-25-24(20)30/h1-10,13,18H,11-12,14-16H2. The topological polar surface area (TPSA) is 93.9 Å². The molecule has 0 saturated carbocycles. The van der Waals surface area contributed by atoms with Crippen LogP contribution < -0.4 is 0 Å². The van der Waals surface area contributed by atoms with Gasteiger partial charge >= 0.3 is 0 Å². The number of sulfonamides is 1. The number of hydrogen-bond donors (Lipinski definition) is 0. The second-order valence-corrected chi connectivity index (χ2v) is 10.9. The molecule has 6 rings (SSSR count). The molecule has 5 aromatic rings. The number of rotatable bonds is 5. The molecule has 3 aromatic heterocycles. The van der Waals surface area contributed by atoms with Crippen LogP contribution in [0, 0.1) is 0 Å². The zero-order valence-corrected chi connectivity index (χ0v) is 19.9. The van der Waals surface area contributed by atoms with E-state index in [-0.39, 0.29) is 10.9 Å². The molecule has 4 heterocycles. The van der Waals surface area contributed by atoms with Crippen LogP contribution in [0.2, 0.25) is 0 Å². The zero-order valence-electron chi connectivity index (χ0n) is 18.3. The third kappa shape index (κ3) is 3.67. The second kappa shape index (κ2) is 8.53.